The minimum atomic E-state index is -0.747. The molecule has 10 nitrogen and oxygen atoms in total. The monoisotopic (exact) mass is 444 g/mol. The van der Waals surface area contributed by atoms with E-state index in [1.807, 2.05) is 37.3 Å². The predicted octanol–water partition coefficient (Wildman–Crippen LogP) is 1.78. The zero-order chi connectivity index (χ0) is 22.9. The molecule has 1 aromatic carbocycles. The lowest BCUT2D eigenvalue weighted by molar-refractivity contribution is 0.0764. The van der Waals surface area contributed by atoms with E-state index in [0.29, 0.717) is 29.8 Å². The van der Waals surface area contributed by atoms with Gasteiger partial charge in [0.15, 0.2) is 11.5 Å². The molecule has 168 valence electrons. The number of carbonyl (C=O) groups excluding carboxylic acids is 1. The molecule has 0 aliphatic carbocycles. The molecule has 10 heteroatoms. The van der Waals surface area contributed by atoms with Crippen LogP contribution in [0.4, 0.5) is 11.5 Å². The predicted molar refractivity (Wildman–Crippen MR) is 123 cm³/mol. The fourth-order valence-corrected chi connectivity index (χ4v) is 4.19. The van der Waals surface area contributed by atoms with Crippen LogP contribution in [0.25, 0.3) is 11.2 Å². The SMILES string of the molecule is Cc1cc(C(=O)N2C[C@@H](O)[C@H](n3cnc4c(N)ncnc43)C2)ccc1NCc1ccccn1. The van der Waals surface area contributed by atoms with Crippen molar-refractivity contribution in [2.45, 2.75) is 25.6 Å². The Morgan fingerprint density at radius 3 is 2.85 bits per heavy atom. The van der Waals surface area contributed by atoms with Gasteiger partial charge in [-0.25, -0.2) is 15.0 Å². The molecule has 1 fully saturated rings. The lowest BCUT2D eigenvalue weighted by Crippen LogP contribution is -2.29. The Kier molecular flexibility index (Phi) is 5.35. The lowest BCUT2D eigenvalue weighted by Gasteiger charge is -2.18. The van der Waals surface area contributed by atoms with Crippen LogP contribution in [0.1, 0.15) is 27.7 Å². The number of β-amino-alcohol motifs (C(OH)–C–C–N with tert-alkyl or cyclic N) is 1. The summed E-state index contributed by atoms with van der Waals surface area (Å²) in [6.45, 7) is 3.12. The number of pyridine rings is 1. The number of nitrogens with zero attached hydrogens (tertiary/aromatic N) is 6. The number of imidazole rings is 1. The Morgan fingerprint density at radius 2 is 2.06 bits per heavy atom. The number of aliphatic hydroxyl groups is 1. The maximum absolute atomic E-state index is 13.2. The molecule has 0 bridgehead atoms. The summed E-state index contributed by atoms with van der Waals surface area (Å²) in [5.74, 6) is 0.154. The van der Waals surface area contributed by atoms with Gasteiger partial charge in [-0.1, -0.05) is 6.07 Å². The van der Waals surface area contributed by atoms with Crippen molar-refractivity contribution < 1.29 is 9.90 Å². The molecule has 0 radical (unpaired) electrons. The van der Waals surface area contributed by atoms with Crippen LogP contribution in [-0.4, -0.2) is 59.6 Å². The summed E-state index contributed by atoms with van der Waals surface area (Å²) in [7, 11) is 0. The van der Waals surface area contributed by atoms with E-state index in [1.165, 1.54) is 6.33 Å². The second-order valence-corrected chi connectivity index (χ2v) is 8.13. The third kappa shape index (κ3) is 3.96. The van der Waals surface area contributed by atoms with Crippen LogP contribution in [0, 0.1) is 6.92 Å². The molecule has 0 spiro atoms. The van der Waals surface area contributed by atoms with Gasteiger partial charge in [0, 0.05) is 30.5 Å². The average molecular weight is 444 g/mol. The van der Waals surface area contributed by atoms with Crippen LogP contribution in [0.2, 0.25) is 0 Å². The van der Waals surface area contributed by atoms with E-state index in [-0.39, 0.29) is 24.3 Å². The topological polar surface area (TPSA) is 135 Å². The number of nitrogens with one attached hydrogen (secondary N) is 1. The summed E-state index contributed by atoms with van der Waals surface area (Å²) in [5.41, 5.74) is 10.3. The largest absolute Gasteiger partial charge is 0.389 e. The fourth-order valence-electron chi connectivity index (χ4n) is 4.19. The van der Waals surface area contributed by atoms with Gasteiger partial charge in [-0.05, 0) is 42.8 Å². The smallest absolute Gasteiger partial charge is 0.254 e. The molecular weight excluding hydrogens is 420 g/mol. The van der Waals surface area contributed by atoms with Gasteiger partial charge in [0.2, 0.25) is 0 Å². The van der Waals surface area contributed by atoms with Gasteiger partial charge >= 0.3 is 0 Å². The molecule has 0 unspecified atom stereocenters. The molecule has 1 amide bonds. The quantitative estimate of drug-likeness (QED) is 0.424. The van der Waals surface area contributed by atoms with Gasteiger partial charge in [-0.3, -0.25) is 9.78 Å². The number of hydrogen-bond donors (Lipinski definition) is 3. The molecule has 1 saturated heterocycles. The summed E-state index contributed by atoms with van der Waals surface area (Å²) in [5, 5.41) is 14.1. The molecule has 3 aromatic heterocycles. The first-order valence-electron chi connectivity index (χ1n) is 10.7. The van der Waals surface area contributed by atoms with Crippen molar-refractivity contribution in [3.05, 3.63) is 72.1 Å². The van der Waals surface area contributed by atoms with Crippen molar-refractivity contribution in [1.29, 1.82) is 0 Å². The minimum Gasteiger partial charge on any atom is -0.389 e. The number of rotatable bonds is 5. The number of amides is 1. The average Bonchev–Trinajstić information content (AvgIpc) is 3.42. The molecule has 1 aliphatic heterocycles. The Labute approximate surface area is 190 Å². The van der Waals surface area contributed by atoms with Gasteiger partial charge in [0.25, 0.3) is 5.91 Å². The van der Waals surface area contributed by atoms with Crippen molar-refractivity contribution in [3.8, 4) is 0 Å². The second kappa shape index (κ2) is 8.47. The number of benzene rings is 1. The van der Waals surface area contributed by atoms with Crippen molar-refractivity contribution in [2.24, 2.45) is 0 Å². The highest BCUT2D eigenvalue weighted by Crippen LogP contribution is 2.28. The third-order valence-corrected chi connectivity index (χ3v) is 5.95. The number of hydrogen-bond acceptors (Lipinski definition) is 8. The standard InChI is InChI=1S/C23H24N8O2/c1-14-8-15(5-6-17(14)26-9-16-4-2-3-7-25-16)23(33)30-10-18(19(32)11-30)31-13-29-20-21(24)27-12-28-22(20)31/h2-8,12-13,18-19,26,32H,9-11H2,1H3,(H2,24,27,28)/t18-,19-/m1/s1. The number of fused-ring (bicyclic) bond motifs is 1. The summed E-state index contributed by atoms with van der Waals surface area (Å²) >= 11 is 0. The first-order chi connectivity index (χ1) is 16.0. The van der Waals surface area contributed by atoms with E-state index in [0.717, 1.165) is 16.9 Å². The van der Waals surface area contributed by atoms with E-state index in [2.05, 4.69) is 25.3 Å². The Hall–Kier alpha value is -4.05. The van der Waals surface area contributed by atoms with Crippen molar-refractivity contribution in [3.63, 3.8) is 0 Å². The zero-order valence-corrected chi connectivity index (χ0v) is 18.1. The van der Waals surface area contributed by atoms with E-state index in [1.54, 1.807) is 28.1 Å². The van der Waals surface area contributed by atoms with E-state index >= 15 is 0 Å². The van der Waals surface area contributed by atoms with Gasteiger partial charge in [0.1, 0.15) is 11.8 Å². The van der Waals surface area contributed by atoms with Gasteiger partial charge in [-0.2, -0.15) is 0 Å². The van der Waals surface area contributed by atoms with Gasteiger partial charge in [0.05, 0.1) is 30.7 Å². The number of carbonyl (C=O) groups is 1. The number of nitrogens with two attached hydrogens (primary N) is 1. The van der Waals surface area contributed by atoms with Gasteiger partial charge in [-0.15, -0.1) is 0 Å². The molecule has 4 aromatic rings. The first kappa shape index (κ1) is 20.8. The van der Waals surface area contributed by atoms with E-state index in [4.69, 9.17) is 5.73 Å². The van der Waals surface area contributed by atoms with Crippen molar-refractivity contribution in [2.75, 3.05) is 24.1 Å². The fraction of sp³-hybridized carbons (Fsp3) is 0.261. The summed E-state index contributed by atoms with van der Waals surface area (Å²) in [6.07, 6.45) is 3.97. The molecule has 1 aliphatic rings. The molecule has 4 heterocycles. The van der Waals surface area contributed by atoms with Crippen LogP contribution in [0.3, 0.4) is 0 Å². The normalized spacial score (nSPS) is 18.1. The summed E-state index contributed by atoms with van der Waals surface area (Å²) in [4.78, 5) is 31.6. The molecule has 33 heavy (non-hydrogen) atoms. The van der Waals surface area contributed by atoms with Crippen LogP contribution < -0.4 is 11.1 Å². The molecular formula is C23H24N8O2. The number of aromatic nitrogens is 5. The summed E-state index contributed by atoms with van der Waals surface area (Å²) < 4.78 is 1.77. The van der Waals surface area contributed by atoms with Crippen LogP contribution in [-0.2, 0) is 6.54 Å². The lowest BCUT2D eigenvalue weighted by atomic mass is 10.1. The second-order valence-electron chi connectivity index (χ2n) is 8.13. The van der Waals surface area contributed by atoms with Crippen LogP contribution >= 0.6 is 0 Å². The maximum Gasteiger partial charge on any atom is 0.254 e. The highest BCUT2D eigenvalue weighted by Gasteiger charge is 2.36. The minimum absolute atomic E-state index is 0.130. The van der Waals surface area contributed by atoms with Crippen molar-refractivity contribution >= 4 is 28.6 Å². The molecule has 0 saturated carbocycles. The number of aliphatic hydroxyl groups excluding tert-OH is 1. The van der Waals surface area contributed by atoms with Crippen LogP contribution in [0.15, 0.2) is 55.2 Å². The molecule has 2 atom stereocenters. The number of anilines is 2. The highest BCUT2D eigenvalue weighted by molar-refractivity contribution is 5.95. The van der Waals surface area contributed by atoms with E-state index < -0.39 is 6.10 Å². The summed E-state index contributed by atoms with van der Waals surface area (Å²) in [6, 6.07) is 11.0. The number of likely N-dealkylation sites (tertiary alicyclic amines) is 1. The first-order valence-corrected chi connectivity index (χ1v) is 10.7. The van der Waals surface area contributed by atoms with Gasteiger partial charge < -0.3 is 25.6 Å². The Bertz CT molecular complexity index is 1310. The molecule has 4 N–H and O–H groups in total. The highest BCUT2D eigenvalue weighted by atomic mass is 16.3. The van der Waals surface area contributed by atoms with Crippen LogP contribution in [0.5, 0.6) is 0 Å². The van der Waals surface area contributed by atoms with Crippen molar-refractivity contribution in [1.82, 2.24) is 29.4 Å². The zero-order valence-electron chi connectivity index (χ0n) is 18.1. The number of aryl methyl sites for hydroxylation is 1. The molecule has 5 rings (SSSR count). The van der Waals surface area contributed by atoms with E-state index in [9.17, 15) is 9.90 Å². The maximum atomic E-state index is 13.2. The Balaban J connectivity index is 1.30. The Morgan fingerprint density at radius 1 is 1.18 bits per heavy atom. The third-order valence-electron chi connectivity index (χ3n) is 5.95. The number of nitrogen functional groups attached to an aromatic ring is 1.